The number of aryl methyl sites for hydroxylation is 1. The van der Waals surface area contributed by atoms with Gasteiger partial charge in [0.25, 0.3) is 0 Å². The topological polar surface area (TPSA) is 75.7 Å². The Morgan fingerprint density at radius 1 is 1.17 bits per heavy atom. The van der Waals surface area contributed by atoms with Gasteiger partial charge < -0.3 is 15.0 Å². The smallest absolute Gasteiger partial charge is 0.196 e. The van der Waals surface area contributed by atoms with Crippen LogP contribution >= 0.6 is 27.7 Å². The molecule has 0 aliphatic heterocycles. The number of anilines is 1. The van der Waals surface area contributed by atoms with Crippen LogP contribution in [0.2, 0.25) is 0 Å². The van der Waals surface area contributed by atoms with Gasteiger partial charge in [-0.05, 0) is 52.3 Å². The van der Waals surface area contributed by atoms with Crippen molar-refractivity contribution in [2.75, 3.05) is 12.4 Å². The average Bonchev–Trinajstić information content (AvgIpc) is 3.08. The molecule has 0 atom stereocenters. The summed E-state index contributed by atoms with van der Waals surface area (Å²) in [5.41, 5.74) is 2.96. The minimum Gasteiger partial charge on any atom is -0.496 e. The number of halogens is 1. The van der Waals surface area contributed by atoms with E-state index in [0.29, 0.717) is 11.7 Å². The van der Waals surface area contributed by atoms with E-state index in [0.717, 1.165) is 49.6 Å². The van der Waals surface area contributed by atoms with Crippen molar-refractivity contribution >= 4 is 44.5 Å². The Kier molecular flexibility index (Phi) is 6.01. The predicted molar refractivity (Wildman–Crippen MR) is 120 cm³/mol. The van der Waals surface area contributed by atoms with Crippen LogP contribution in [-0.4, -0.2) is 27.0 Å². The lowest BCUT2D eigenvalue weighted by molar-refractivity contribution is 0.410. The molecule has 4 aromatic rings. The molecule has 0 aliphatic rings. The first-order valence-electron chi connectivity index (χ1n) is 9.21. The van der Waals surface area contributed by atoms with Crippen molar-refractivity contribution in [3.63, 3.8) is 0 Å². The van der Waals surface area contributed by atoms with Gasteiger partial charge in [-0.15, -0.1) is 0 Å². The third kappa shape index (κ3) is 4.23. The number of nitrogens with zero attached hydrogens (tertiary/aromatic N) is 3. The molecule has 0 radical (unpaired) electrons. The molecule has 0 spiro atoms. The maximum absolute atomic E-state index is 5.47. The molecular formula is C21H20BrN5OS. The third-order valence-corrected chi connectivity index (χ3v) is 6.20. The van der Waals surface area contributed by atoms with Crippen LogP contribution in [0.4, 0.5) is 5.82 Å². The van der Waals surface area contributed by atoms with E-state index in [1.165, 1.54) is 11.8 Å². The van der Waals surface area contributed by atoms with Crippen LogP contribution in [-0.2, 0) is 13.0 Å². The normalized spacial score (nSPS) is 11.0. The fraction of sp³-hybridized carbons (Fsp3) is 0.190. The zero-order chi connectivity index (χ0) is 20.2. The number of hydrogen-bond acceptors (Lipinski definition) is 6. The van der Waals surface area contributed by atoms with E-state index in [9.17, 15) is 0 Å². The highest BCUT2D eigenvalue weighted by Gasteiger charge is 2.17. The monoisotopic (exact) mass is 469 g/mol. The van der Waals surface area contributed by atoms with Gasteiger partial charge in [-0.1, -0.05) is 25.1 Å². The summed E-state index contributed by atoms with van der Waals surface area (Å²) in [5, 5.41) is 5.08. The Bertz CT molecular complexity index is 1130. The Morgan fingerprint density at radius 2 is 2.03 bits per heavy atom. The summed E-state index contributed by atoms with van der Waals surface area (Å²) in [4.78, 5) is 18.1. The van der Waals surface area contributed by atoms with Gasteiger partial charge in [0.1, 0.15) is 17.2 Å². The van der Waals surface area contributed by atoms with Gasteiger partial charge >= 0.3 is 0 Å². The minimum atomic E-state index is 0.589. The molecule has 4 rings (SSSR count). The van der Waals surface area contributed by atoms with E-state index >= 15 is 0 Å². The number of nitrogens with one attached hydrogen (secondary N) is 2. The molecule has 0 saturated carbocycles. The van der Waals surface area contributed by atoms with Crippen molar-refractivity contribution in [1.29, 1.82) is 0 Å². The highest BCUT2D eigenvalue weighted by Crippen LogP contribution is 2.35. The summed E-state index contributed by atoms with van der Waals surface area (Å²) >= 11 is 5.20. The van der Waals surface area contributed by atoms with E-state index in [-0.39, 0.29) is 0 Å². The minimum absolute atomic E-state index is 0.589. The Morgan fingerprint density at radius 3 is 2.79 bits per heavy atom. The molecule has 3 heterocycles. The van der Waals surface area contributed by atoms with E-state index in [1.807, 2.05) is 42.6 Å². The quantitative estimate of drug-likeness (QED) is 0.350. The lowest BCUT2D eigenvalue weighted by Crippen LogP contribution is -2.05. The van der Waals surface area contributed by atoms with Crippen LogP contribution < -0.4 is 10.1 Å². The molecule has 0 fully saturated rings. The van der Waals surface area contributed by atoms with Gasteiger partial charge in [0.15, 0.2) is 5.16 Å². The fourth-order valence-corrected chi connectivity index (χ4v) is 4.55. The summed E-state index contributed by atoms with van der Waals surface area (Å²) in [6.45, 7) is 2.70. The maximum Gasteiger partial charge on any atom is 0.196 e. The average molecular weight is 470 g/mol. The van der Waals surface area contributed by atoms with Crippen molar-refractivity contribution in [1.82, 2.24) is 19.9 Å². The summed E-state index contributed by atoms with van der Waals surface area (Å²) in [7, 11) is 1.68. The van der Waals surface area contributed by atoms with Crippen molar-refractivity contribution in [3.05, 3.63) is 64.5 Å². The highest BCUT2D eigenvalue weighted by molar-refractivity contribution is 9.10. The van der Waals surface area contributed by atoms with E-state index in [1.54, 1.807) is 13.3 Å². The summed E-state index contributed by atoms with van der Waals surface area (Å²) < 4.78 is 6.47. The lowest BCUT2D eigenvalue weighted by atomic mass is 10.2. The number of methoxy groups -OCH3 is 1. The van der Waals surface area contributed by atoms with Crippen molar-refractivity contribution in [2.24, 2.45) is 0 Å². The summed E-state index contributed by atoms with van der Waals surface area (Å²) in [5.74, 6) is 1.62. The molecule has 0 saturated heterocycles. The number of benzene rings is 1. The Labute approximate surface area is 181 Å². The Hall–Kier alpha value is -2.58. The Balaban J connectivity index is 1.72. The molecule has 0 unspecified atom stereocenters. The van der Waals surface area contributed by atoms with Gasteiger partial charge in [-0.25, -0.2) is 9.97 Å². The van der Waals surface area contributed by atoms with Crippen molar-refractivity contribution < 1.29 is 4.74 Å². The summed E-state index contributed by atoms with van der Waals surface area (Å²) in [6.07, 6.45) is 4.43. The first-order valence-corrected chi connectivity index (χ1v) is 10.8. The van der Waals surface area contributed by atoms with E-state index in [4.69, 9.17) is 14.7 Å². The van der Waals surface area contributed by atoms with E-state index in [2.05, 4.69) is 38.1 Å². The van der Waals surface area contributed by atoms with Gasteiger partial charge in [-0.3, -0.25) is 4.98 Å². The standard InChI is InChI=1S/C21H20BrN5OS/c1-3-15-18(22)17-19(24-11-13-7-4-5-9-16(13)28-2)26-21(27-20(17)25-15)29-14-8-6-10-23-12-14/h4-10,12H,3,11H2,1-2H3,(H2,24,25,26,27). The molecule has 0 aliphatic carbocycles. The summed E-state index contributed by atoms with van der Waals surface area (Å²) in [6, 6.07) is 11.9. The molecule has 6 nitrogen and oxygen atoms in total. The van der Waals surface area contributed by atoms with Gasteiger partial charge in [0.05, 0.1) is 17.0 Å². The third-order valence-electron chi connectivity index (χ3n) is 4.48. The van der Waals surface area contributed by atoms with Crippen molar-refractivity contribution in [2.45, 2.75) is 29.9 Å². The number of H-pyrrole nitrogens is 1. The number of para-hydroxylation sites is 1. The second kappa shape index (κ2) is 8.84. The number of hydrogen-bond donors (Lipinski definition) is 2. The van der Waals surface area contributed by atoms with Gasteiger partial charge in [-0.2, -0.15) is 0 Å². The first kappa shape index (κ1) is 19.7. The number of aromatic amines is 1. The van der Waals surface area contributed by atoms with Crippen LogP contribution in [0.1, 0.15) is 18.2 Å². The SMILES string of the molecule is CCc1[nH]c2nc(Sc3cccnc3)nc(NCc3ccccc3OC)c2c1Br. The predicted octanol–water partition coefficient (Wildman–Crippen LogP) is 5.45. The molecule has 0 bridgehead atoms. The number of ether oxygens (including phenoxy) is 1. The molecule has 1 aromatic carbocycles. The van der Waals surface area contributed by atoms with E-state index < -0.39 is 0 Å². The zero-order valence-electron chi connectivity index (χ0n) is 16.1. The molecule has 148 valence electrons. The molecule has 29 heavy (non-hydrogen) atoms. The molecule has 3 aromatic heterocycles. The van der Waals surface area contributed by atoms with Crippen molar-refractivity contribution in [3.8, 4) is 5.75 Å². The maximum atomic E-state index is 5.47. The van der Waals surface area contributed by atoms with Crippen LogP contribution in [0, 0.1) is 0 Å². The first-order chi connectivity index (χ1) is 14.2. The second-order valence-electron chi connectivity index (χ2n) is 6.31. The number of rotatable bonds is 7. The molecule has 0 amide bonds. The highest BCUT2D eigenvalue weighted by atomic mass is 79.9. The van der Waals surface area contributed by atoms with Crippen LogP contribution in [0.25, 0.3) is 11.0 Å². The molecular weight excluding hydrogens is 450 g/mol. The number of pyridine rings is 1. The number of aromatic nitrogens is 4. The largest absolute Gasteiger partial charge is 0.496 e. The van der Waals surface area contributed by atoms with Gasteiger partial charge in [0.2, 0.25) is 0 Å². The fourth-order valence-electron chi connectivity index (χ4n) is 3.05. The zero-order valence-corrected chi connectivity index (χ0v) is 18.5. The second-order valence-corrected chi connectivity index (χ2v) is 8.14. The van der Waals surface area contributed by atoms with Gasteiger partial charge in [0, 0.05) is 35.1 Å². The molecule has 8 heteroatoms. The van der Waals surface area contributed by atoms with Crippen LogP contribution in [0.5, 0.6) is 5.75 Å². The van der Waals surface area contributed by atoms with Crippen LogP contribution in [0.15, 0.2) is 63.3 Å². The number of fused-ring (bicyclic) bond motifs is 1. The lowest BCUT2D eigenvalue weighted by Gasteiger charge is -2.12. The molecule has 2 N–H and O–H groups in total. The van der Waals surface area contributed by atoms with Crippen LogP contribution in [0.3, 0.4) is 0 Å².